The smallest absolute Gasteiger partial charge is 0.329 e. The quantitative estimate of drug-likeness (QED) is 0.433. The van der Waals surface area contributed by atoms with E-state index in [0.29, 0.717) is 12.8 Å². The number of carbonyl (C=O) groups is 4. The van der Waals surface area contributed by atoms with Gasteiger partial charge in [-0.2, -0.15) is 0 Å². The number of ether oxygens (including phenoxy) is 1. The number of nitrogens with zero attached hydrogens (tertiary/aromatic N) is 1. The first kappa shape index (κ1) is 15.2. The van der Waals surface area contributed by atoms with E-state index in [1.807, 2.05) is 12.2 Å². The molecule has 0 aromatic carbocycles. The number of esters is 1. The molecule has 0 spiro atoms. The molecule has 1 aliphatic heterocycles. The van der Waals surface area contributed by atoms with Crippen LogP contribution in [0.1, 0.15) is 19.8 Å². The van der Waals surface area contributed by atoms with Gasteiger partial charge in [-0.25, -0.2) is 4.79 Å². The molecule has 0 aromatic heterocycles. The molecule has 2 aliphatic rings. The van der Waals surface area contributed by atoms with Gasteiger partial charge in [-0.05, 0) is 19.8 Å². The van der Waals surface area contributed by atoms with E-state index in [2.05, 4.69) is 5.32 Å². The van der Waals surface area contributed by atoms with E-state index in [4.69, 9.17) is 4.74 Å². The maximum Gasteiger partial charge on any atom is 0.329 e. The summed E-state index contributed by atoms with van der Waals surface area (Å²) < 4.78 is 4.81. The molecule has 1 aliphatic carbocycles. The van der Waals surface area contributed by atoms with Crippen molar-refractivity contribution < 1.29 is 23.9 Å². The highest BCUT2D eigenvalue weighted by Gasteiger charge is 2.50. The van der Waals surface area contributed by atoms with Gasteiger partial charge >= 0.3 is 5.97 Å². The summed E-state index contributed by atoms with van der Waals surface area (Å²) in [5, 5.41) is 2.32. The van der Waals surface area contributed by atoms with Crippen molar-refractivity contribution in [3.8, 4) is 0 Å². The Bertz CT molecular complexity index is 487. The van der Waals surface area contributed by atoms with Crippen LogP contribution in [-0.4, -0.2) is 48.3 Å². The van der Waals surface area contributed by atoms with Gasteiger partial charge in [0.2, 0.25) is 11.8 Å². The number of hydrogen-bond donors (Lipinski definition) is 1. The first-order chi connectivity index (χ1) is 9.97. The summed E-state index contributed by atoms with van der Waals surface area (Å²) >= 11 is 0. The highest BCUT2D eigenvalue weighted by Crippen LogP contribution is 2.36. The number of hydrogen-bond acceptors (Lipinski definition) is 5. The molecule has 7 heteroatoms. The van der Waals surface area contributed by atoms with Crippen LogP contribution in [0.5, 0.6) is 0 Å². The first-order valence-corrected chi connectivity index (χ1v) is 6.86. The summed E-state index contributed by atoms with van der Waals surface area (Å²) in [4.78, 5) is 48.5. The van der Waals surface area contributed by atoms with Crippen LogP contribution in [0.15, 0.2) is 12.2 Å². The van der Waals surface area contributed by atoms with E-state index < -0.39 is 24.5 Å². The fourth-order valence-electron chi connectivity index (χ4n) is 2.64. The zero-order valence-electron chi connectivity index (χ0n) is 12.0. The summed E-state index contributed by atoms with van der Waals surface area (Å²) in [5.74, 6) is -2.63. The topological polar surface area (TPSA) is 92.8 Å². The number of likely N-dealkylation sites (N-methyl/N-ethyl adjacent to an activating group) is 1. The van der Waals surface area contributed by atoms with Crippen LogP contribution in [0.4, 0.5) is 0 Å². The molecule has 1 fully saturated rings. The predicted octanol–water partition coefficient (Wildman–Crippen LogP) is -0.385. The predicted molar refractivity (Wildman–Crippen MR) is 71.7 cm³/mol. The molecule has 1 N–H and O–H groups in total. The number of allylic oxidation sites excluding steroid dienone is 2. The van der Waals surface area contributed by atoms with Gasteiger partial charge in [-0.1, -0.05) is 12.2 Å². The van der Waals surface area contributed by atoms with E-state index in [1.165, 1.54) is 14.0 Å². The Kier molecular flexibility index (Phi) is 4.40. The van der Waals surface area contributed by atoms with Gasteiger partial charge in [0.05, 0.1) is 11.8 Å². The van der Waals surface area contributed by atoms with Gasteiger partial charge in [0, 0.05) is 7.05 Å². The third-order valence-corrected chi connectivity index (χ3v) is 3.89. The molecule has 0 saturated carbocycles. The monoisotopic (exact) mass is 294 g/mol. The third kappa shape index (κ3) is 2.81. The van der Waals surface area contributed by atoms with Crippen LogP contribution in [0.25, 0.3) is 0 Å². The second-order valence-corrected chi connectivity index (χ2v) is 5.16. The Hall–Kier alpha value is -2.18. The number of rotatable bonds is 4. The lowest BCUT2D eigenvalue weighted by Crippen LogP contribution is -2.45. The molecule has 0 unspecified atom stereocenters. The number of carbonyl (C=O) groups excluding carboxylic acids is 4. The van der Waals surface area contributed by atoms with Crippen LogP contribution in [0, 0.1) is 11.8 Å². The summed E-state index contributed by atoms with van der Waals surface area (Å²) in [5.41, 5.74) is 0. The number of fused-ring (bicyclic) bond motifs is 1. The fourth-order valence-corrected chi connectivity index (χ4v) is 2.64. The second kappa shape index (κ2) is 6.07. The van der Waals surface area contributed by atoms with Crippen LogP contribution in [0.2, 0.25) is 0 Å². The Balaban J connectivity index is 2.04. The van der Waals surface area contributed by atoms with Crippen molar-refractivity contribution in [2.45, 2.75) is 25.8 Å². The molecule has 7 nitrogen and oxygen atoms in total. The fraction of sp³-hybridized carbons (Fsp3) is 0.571. The Morgan fingerprint density at radius 2 is 1.81 bits per heavy atom. The van der Waals surface area contributed by atoms with E-state index >= 15 is 0 Å². The molecule has 0 aromatic rings. The van der Waals surface area contributed by atoms with Crippen molar-refractivity contribution in [2.75, 3.05) is 13.7 Å². The molecule has 0 bridgehead atoms. The van der Waals surface area contributed by atoms with Gasteiger partial charge in [0.1, 0.15) is 6.04 Å². The Morgan fingerprint density at radius 3 is 2.29 bits per heavy atom. The Labute approximate surface area is 122 Å². The highest BCUT2D eigenvalue weighted by atomic mass is 16.5. The molecule has 3 amide bonds. The summed E-state index contributed by atoms with van der Waals surface area (Å²) in [6, 6.07) is -1.01. The number of nitrogens with one attached hydrogen (secondary N) is 1. The number of amides is 3. The maximum atomic E-state index is 12.3. The second-order valence-electron chi connectivity index (χ2n) is 5.16. The van der Waals surface area contributed by atoms with Crippen molar-refractivity contribution in [3.05, 3.63) is 12.2 Å². The zero-order valence-corrected chi connectivity index (χ0v) is 12.0. The summed E-state index contributed by atoms with van der Waals surface area (Å²) in [7, 11) is 1.42. The highest BCUT2D eigenvalue weighted by molar-refractivity contribution is 6.08. The van der Waals surface area contributed by atoms with Gasteiger partial charge in [-0.3, -0.25) is 19.3 Å². The van der Waals surface area contributed by atoms with Crippen LogP contribution in [-0.2, 0) is 23.9 Å². The molecule has 1 heterocycles. The molecule has 114 valence electrons. The average Bonchev–Trinajstić information content (AvgIpc) is 2.76. The minimum atomic E-state index is -1.01. The van der Waals surface area contributed by atoms with Crippen molar-refractivity contribution in [2.24, 2.45) is 11.8 Å². The normalized spacial score (nSPS) is 25.5. The van der Waals surface area contributed by atoms with Crippen molar-refractivity contribution in [1.29, 1.82) is 0 Å². The molecule has 1 saturated heterocycles. The van der Waals surface area contributed by atoms with E-state index in [1.54, 1.807) is 0 Å². The third-order valence-electron chi connectivity index (χ3n) is 3.89. The lowest BCUT2D eigenvalue weighted by Gasteiger charge is -2.21. The number of imide groups is 1. The van der Waals surface area contributed by atoms with Crippen LogP contribution in [0.3, 0.4) is 0 Å². The Morgan fingerprint density at radius 1 is 1.29 bits per heavy atom. The SMILES string of the molecule is CNC(=O)COC(=O)[C@H](C)N1C(=O)[C@H]2CC=CC[C@@H]2C1=O. The van der Waals surface area contributed by atoms with Gasteiger partial charge in [0.25, 0.3) is 5.91 Å². The lowest BCUT2D eigenvalue weighted by atomic mass is 9.85. The van der Waals surface area contributed by atoms with E-state index in [9.17, 15) is 19.2 Å². The van der Waals surface area contributed by atoms with Gasteiger partial charge < -0.3 is 10.1 Å². The standard InChI is InChI=1S/C14H18N2O5/c1-8(14(20)21-7-11(17)15-2)16-12(18)9-5-3-4-6-10(9)13(16)19/h3-4,8-10H,5-7H2,1-2H3,(H,15,17)/t8-,9-,10-/m0/s1. The van der Waals surface area contributed by atoms with E-state index in [0.717, 1.165) is 4.90 Å². The van der Waals surface area contributed by atoms with Crippen molar-refractivity contribution in [3.63, 3.8) is 0 Å². The molecule has 21 heavy (non-hydrogen) atoms. The lowest BCUT2D eigenvalue weighted by molar-refractivity contribution is -0.159. The molecular weight excluding hydrogens is 276 g/mol. The first-order valence-electron chi connectivity index (χ1n) is 6.86. The minimum absolute atomic E-state index is 0.334. The molecule has 2 rings (SSSR count). The van der Waals surface area contributed by atoms with Crippen LogP contribution >= 0.6 is 0 Å². The molecule has 0 radical (unpaired) electrons. The van der Waals surface area contributed by atoms with Crippen molar-refractivity contribution in [1.82, 2.24) is 10.2 Å². The van der Waals surface area contributed by atoms with Crippen LogP contribution < -0.4 is 5.32 Å². The maximum absolute atomic E-state index is 12.3. The summed E-state index contributed by atoms with van der Waals surface area (Å²) in [6.45, 7) is 1.01. The van der Waals surface area contributed by atoms with Gasteiger partial charge in [0.15, 0.2) is 6.61 Å². The zero-order chi connectivity index (χ0) is 15.6. The molecular formula is C14H18N2O5. The van der Waals surface area contributed by atoms with Gasteiger partial charge in [-0.15, -0.1) is 0 Å². The molecule has 3 atom stereocenters. The number of likely N-dealkylation sites (tertiary alicyclic amines) is 1. The largest absolute Gasteiger partial charge is 0.454 e. The van der Waals surface area contributed by atoms with Crippen molar-refractivity contribution >= 4 is 23.7 Å². The minimum Gasteiger partial charge on any atom is -0.454 e. The summed E-state index contributed by atoms with van der Waals surface area (Å²) in [6.07, 6.45) is 4.80. The average molecular weight is 294 g/mol. The van der Waals surface area contributed by atoms with E-state index in [-0.39, 0.29) is 23.7 Å².